The van der Waals surface area contributed by atoms with Crippen LogP contribution in [0.3, 0.4) is 0 Å². The van der Waals surface area contributed by atoms with E-state index in [2.05, 4.69) is 11.9 Å². The molecule has 1 N–H and O–H groups in total. The minimum absolute atomic E-state index is 0.812. The Morgan fingerprint density at radius 3 is 3.00 bits per heavy atom. The van der Waals surface area contributed by atoms with Crippen molar-refractivity contribution in [2.45, 2.75) is 6.92 Å². The van der Waals surface area contributed by atoms with Crippen LogP contribution in [-0.2, 0) is 4.74 Å². The molecule has 0 saturated carbocycles. The van der Waals surface area contributed by atoms with Gasteiger partial charge in [-0.3, -0.25) is 0 Å². The highest BCUT2D eigenvalue weighted by Gasteiger charge is 1.87. The lowest BCUT2D eigenvalue weighted by atomic mass is 10.6. The van der Waals surface area contributed by atoms with Gasteiger partial charge >= 0.3 is 0 Å². The number of thioether (sulfide) groups is 1. The summed E-state index contributed by atoms with van der Waals surface area (Å²) in [5.74, 6) is 2.20. The van der Waals surface area contributed by atoms with E-state index in [1.807, 2.05) is 24.8 Å². The molecule has 0 atom stereocenters. The molecule has 0 saturated heterocycles. The molecule has 0 spiro atoms. The van der Waals surface area contributed by atoms with Gasteiger partial charge in [0.05, 0.1) is 6.61 Å². The zero-order chi connectivity index (χ0) is 9.07. The van der Waals surface area contributed by atoms with E-state index in [-0.39, 0.29) is 0 Å². The highest BCUT2D eigenvalue weighted by atomic mass is 32.2. The molecule has 0 aliphatic heterocycles. The first-order valence-corrected chi connectivity index (χ1v) is 5.54. The first-order valence-electron chi connectivity index (χ1n) is 4.39. The molecule has 12 heavy (non-hydrogen) atoms. The van der Waals surface area contributed by atoms with Crippen molar-refractivity contribution in [1.29, 1.82) is 0 Å². The third kappa shape index (κ3) is 10.0. The summed E-state index contributed by atoms with van der Waals surface area (Å²) >= 11 is 1.90. The molecule has 0 unspecified atom stereocenters. The maximum atomic E-state index is 5.18. The summed E-state index contributed by atoms with van der Waals surface area (Å²) in [6, 6.07) is 0. The Balaban J connectivity index is 2.77. The highest BCUT2D eigenvalue weighted by molar-refractivity contribution is 7.99. The van der Waals surface area contributed by atoms with E-state index in [0.717, 1.165) is 37.8 Å². The lowest BCUT2D eigenvalue weighted by Crippen LogP contribution is -2.22. The first-order chi connectivity index (χ1) is 5.91. The summed E-state index contributed by atoms with van der Waals surface area (Å²) in [5.41, 5.74) is 0. The van der Waals surface area contributed by atoms with Crippen LogP contribution in [0.15, 0.2) is 12.7 Å². The van der Waals surface area contributed by atoms with E-state index in [4.69, 9.17) is 4.74 Å². The molecule has 0 fully saturated rings. The molecule has 0 aromatic carbocycles. The average molecular weight is 189 g/mol. The third-order valence-corrected chi connectivity index (χ3v) is 2.25. The van der Waals surface area contributed by atoms with Gasteiger partial charge in [-0.15, -0.1) is 6.58 Å². The Morgan fingerprint density at radius 1 is 1.50 bits per heavy atom. The van der Waals surface area contributed by atoms with Crippen LogP contribution in [0.25, 0.3) is 0 Å². The Labute approximate surface area is 79.8 Å². The molecule has 0 rings (SSSR count). The topological polar surface area (TPSA) is 21.3 Å². The van der Waals surface area contributed by atoms with Crippen LogP contribution in [0, 0.1) is 0 Å². The van der Waals surface area contributed by atoms with Crippen molar-refractivity contribution >= 4 is 11.8 Å². The molecule has 0 aromatic rings. The van der Waals surface area contributed by atoms with Crippen molar-refractivity contribution in [3.63, 3.8) is 0 Å². The highest BCUT2D eigenvalue weighted by Crippen LogP contribution is 1.96. The van der Waals surface area contributed by atoms with Gasteiger partial charge in [0, 0.05) is 31.2 Å². The average Bonchev–Trinajstić information content (AvgIpc) is 2.10. The second kappa shape index (κ2) is 11.0. The number of nitrogens with one attached hydrogen (secondary N) is 1. The van der Waals surface area contributed by atoms with Crippen LogP contribution in [0.1, 0.15) is 6.92 Å². The number of hydrogen-bond acceptors (Lipinski definition) is 3. The SMILES string of the molecule is C=CCSCCNCCOCC. The molecule has 0 radical (unpaired) electrons. The van der Waals surface area contributed by atoms with E-state index < -0.39 is 0 Å². The van der Waals surface area contributed by atoms with E-state index in [1.54, 1.807) is 0 Å². The molecular weight excluding hydrogens is 170 g/mol. The van der Waals surface area contributed by atoms with Crippen molar-refractivity contribution in [2.75, 3.05) is 37.8 Å². The Kier molecular flexibility index (Phi) is 11.0. The Bertz CT molecular complexity index is 98.5. The largest absolute Gasteiger partial charge is 0.380 e. The minimum atomic E-state index is 0.812. The Hall–Kier alpha value is 0.01000. The summed E-state index contributed by atoms with van der Waals surface area (Å²) in [6.45, 7) is 9.33. The number of ether oxygens (including phenoxy) is 1. The van der Waals surface area contributed by atoms with Crippen molar-refractivity contribution in [1.82, 2.24) is 5.32 Å². The number of hydrogen-bond donors (Lipinski definition) is 1. The third-order valence-electron chi connectivity index (χ3n) is 1.29. The van der Waals surface area contributed by atoms with Crippen LogP contribution in [0.4, 0.5) is 0 Å². The predicted octanol–water partition coefficient (Wildman–Crippen LogP) is 1.53. The van der Waals surface area contributed by atoms with Crippen LogP contribution in [0.5, 0.6) is 0 Å². The molecule has 0 aliphatic rings. The van der Waals surface area contributed by atoms with E-state index >= 15 is 0 Å². The van der Waals surface area contributed by atoms with E-state index in [1.165, 1.54) is 0 Å². The van der Waals surface area contributed by atoms with Crippen molar-refractivity contribution < 1.29 is 4.74 Å². The molecule has 0 aromatic heterocycles. The summed E-state index contributed by atoms with van der Waals surface area (Å²) < 4.78 is 5.18. The van der Waals surface area contributed by atoms with Gasteiger partial charge in [-0.1, -0.05) is 6.08 Å². The quantitative estimate of drug-likeness (QED) is 0.439. The van der Waals surface area contributed by atoms with Gasteiger partial charge in [0.15, 0.2) is 0 Å². The summed E-state index contributed by atoms with van der Waals surface area (Å²) in [7, 11) is 0. The molecular formula is C9H19NOS. The smallest absolute Gasteiger partial charge is 0.0590 e. The summed E-state index contributed by atoms with van der Waals surface area (Å²) in [6.07, 6.45) is 1.94. The summed E-state index contributed by atoms with van der Waals surface area (Å²) in [5, 5.41) is 3.30. The van der Waals surface area contributed by atoms with Crippen LogP contribution in [0.2, 0.25) is 0 Å². The van der Waals surface area contributed by atoms with Gasteiger partial charge < -0.3 is 10.1 Å². The van der Waals surface area contributed by atoms with E-state index in [9.17, 15) is 0 Å². The fraction of sp³-hybridized carbons (Fsp3) is 0.778. The predicted molar refractivity (Wildman–Crippen MR) is 56.9 cm³/mol. The standard InChI is InChI=1S/C9H19NOS/c1-3-8-12-9-6-10-5-7-11-4-2/h3,10H,1,4-9H2,2H3. The van der Waals surface area contributed by atoms with Gasteiger partial charge in [-0.2, -0.15) is 11.8 Å². The molecule has 72 valence electrons. The van der Waals surface area contributed by atoms with Gasteiger partial charge in [0.25, 0.3) is 0 Å². The first kappa shape index (κ1) is 12.0. The van der Waals surface area contributed by atoms with Gasteiger partial charge in [0.2, 0.25) is 0 Å². The molecule has 3 heteroatoms. The molecule has 0 aliphatic carbocycles. The fourth-order valence-corrected chi connectivity index (χ4v) is 1.35. The number of rotatable bonds is 9. The minimum Gasteiger partial charge on any atom is -0.380 e. The zero-order valence-electron chi connectivity index (χ0n) is 7.84. The maximum absolute atomic E-state index is 5.18. The molecule has 0 heterocycles. The van der Waals surface area contributed by atoms with Gasteiger partial charge in [0.1, 0.15) is 0 Å². The van der Waals surface area contributed by atoms with Gasteiger partial charge in [-0.05, 0) is 6.92 Å². The normalized spacial score (nSPS) is 10.1. The second-order valence-electron chi connectivity index (χ2n) is 2.31. The maximum Gasteiger partial charge on any atom is 0.0590 e. The Morgan fingerprint density at radius 2 is 2.33 bits per heavy atom. The molecule has 2 nitrogen and oxygen atoms in total. The van der Waals surface area contributed by atoms with Crippen molar-refractivity contribution in [2.24, 2.45) is 0 Å². The molecule has 0 bridgehead atoms. The van der Waals surface area contributed by atoms with Gasteiger partial charge in [-0.25, -0.2) is 0 Å². The van der Waals surface area contributed by atoms with Crippen molar-refractivity contribution in [3.8, 4) is 0 Å². The zero-order valence-corrected chi connectivity index (χ0v) is 8.66. The lowest BCUT2D eigenvalue weighted by Gasteiger charge is -2.03. The van der Waals surface area contributed by atoms with E-state index in [0.29, 0.717) is 0 Å². The van der Waals surface area contributed by atoms with Crippen molar-refractivity contribution in [3.05, 3.63) is 12.7 Å². The summed E-state index contributed by atoms with van der Waals surface area (Å²) in [4.78, 5) is 0. The fourth-order valence-electron chi connectivity index (χ4n) is 0.725. The van der Waals surface area contributed by atoms with Crippen LogP contribution < -0.4 is 5.32 Å². The monoisotopic (exact) mass is 189 g/mol. The van der Waals surface area contributed by atoms with Crippen LogP contribution in [-0.4, -0.2) is 37.8 Å². The lowest BCUT2D eigenvalue weighted by molar-refractivity contribution is 0.150. The molecule has 0 amide bonds. The van der Waals surface area contributed by atoms with Crippen LogP contribution >= 0.6 is 11.8 Å². The second-order valence-corrected chi connectivity index (χ2v) is 3.46.